The zero-order valence-corrected chi connectivity index (χ0v) is 11.4. The van der Waals surface area contributed by atoms with Gasteiger partial charge in [0.2, 0.25) is 0 Å². The number of anilines is 1. The van der Waals surface area contributed by atoms with E-state index in [4.69, 9.17) is 0 Å². The largest absolute Gasteiger partial charge is 0.480 e. The number of hydrogen-bond donors (Lipinski definition) is 1. The Morgan fingerprint density at radius 3 is 2.80 bits per heavy atom. The molecule has 0 aliphatic carbocycles. The number of piperidine rings is 1. The van der Waals surface area contributed by atoms with Crippen LogP contribution in [0.3, 0.4) is 0 Å². The number of fused-ring (bicyclic) bond motifs is 1. The zero-order valence-electron chi connectivity index (χ0n) is 11.4. The van der Waals surface area contributed by atoms with Crippen molar-refractivity contribution in [3.63, 3.8) is 0 Å². The molecule has 2 heterocycles. The van der Waals surface area contributed by atoms with Crippen LogP contribution in [0.15, 0.2) is 30.5 Å². The van der Waals surface area contributed by atoms with E-state index in [9.17, 15) is 9.90 Å². The van der Waals surface area contributed by atoms with Gasteiger partial charge in [-0.3, -0.25) is 4.98 Å². The van der Waals surface area contributed by atoms with E-state index in [-0.39, 0.29) is 0 Å². The highest BCUT2D eigenvalue weighted by atomic mass is 16.4. The second kappa shape index (κ2) is 4.74. The summed E-state index contributed by atoms with van der Waals surface area (Å²) < 4.78 is 0. The molecule has 0 amide bonds. The first-order valence-corrected chi connectivity index (χ1v) is 6.84. The lowest BCUT2D eigenvalue weighted by atomic mass is 9.88. The van der Waals surface area contributed by atoms with E-state index in [1.807, 2.05) is 29.2 Å². The summed E-state index contributed by atoms with van der Waals surface area (Å²) in [7, 11) is 0. The smallest absolute Gasteiger partial charge is 0.329 e. The number of para-hydroxylation sites is 2. The number of carboxylic acids is 1. The second-order valence-corrected chi connectivity index (χ2v) is 5.40. The quantitative estimate of drug-likeness (QED) is 0.908. The van der Waals surface area contributed by atoms with Crippen LogP contribution in [0.2, 0.25) is 0 Å². The van der Waals surface area contributed by atoms with Crippen molar-refractivity contribution in [2.45, 2.75) is 31.7 Å². The summed E-state index contributed by atoms with van der Waals surface area (Å²) >= 11 is 0. The van der Waals surface area contributed by atoms with Gasteiger partial charge < -0.3 is 10.0 Å². The molecule has 1 saturated heterocycles. The SMILES string of the molecule is CC1(C(=O)O)CCCCN1c1cnc2ccccc2n1. The first-order valence-electron chi connectivity index (χ1n) is 6.84. The lowest BCUT2D eigenvalue weighted by Gasteiger charge is -2.42. The maximum absolute atomic E-state index is 11.6. The number of aromatic nitrogens is 2. The van der Waals surface area contributed by atoms with Crippen molar-refractivity contribution in [2.24, 2.45) is 0 Å². The Labute approximate surface area is 117 Å². The number of benzene rings is 1. The number of rotatable bonds is 2. The molecule has 3 rings (SSSR count). The van der Waals surface area contributed by atoms with Crippen molar-refractivity contribution in [3.8, 4) is 0 Å². The van der Waals surface area contributed by atoms with E-state index < -0.39 is 11.5 Å². The number of aliphatic carboxylic acids is 1. The second-order valence-electron chi connectivity index (χ2n) is 5.40. The Kier molecular flexibility index (Phi) is 3.04. The van der Waals surface area contributed by atoms with Crippen LogP contribution in [0.25, 0.3) is 11.0 Å². The number of carboxylic acid groups (broad SMARTS) is 1. The van der Waals surface area contributed by atoms with Gasteiger partial charge in [0.25, 0.3) is 0 Å². The molecule has 2 aromatic rings. The summed E-state index contributed by atoms with van der Waals surface area (Å²) in [5, 5.41) is 9.55. The molecule has 5 nitrogen and oxygen atoms in total. The molecule has 1 unspecified atom stereocenters. The van der Waals surface area contributed by atoms with Crippen molar-refractivity contribution in [2.75, 3.05) is 11.4 Å². The third-order valence-corrected chi connectivity index (χ3v) is 4.06. The maximum Gasteiger partial charge on any atom is 0.329 e. The molecule has 0 spiro atoms. The summed E-state index contributed by atoms with van der Waals surface area (Å²) in [4.78, 5) is 22.5. The Bertz CT molecular complexity index is 658. The third-order valence-electron chi connectivity index (χ3n) is 4.06. The fourth-order valence-corrected chi connectivity index (χ4v) is 2.79. The van der Waals surface area contributed by atoms with Gasteiger partial charge in [0.1, 0.15) is 11.4 Å². The molecule has 20 heavy (non-hydrogen) atoms. The highest BCUT2D eigenvalue weighted by Crippen LogP contribution is 2.32. The van der Waals surface area contributed by atoms with Crippen molar-refractivity contribution in [1.29, 1.82) is 0 Å². The minimum absolute atomic E-state index is 0.636. The fourth-order valence-electron chi connectivity index (χ4n) is 2.79. The molecule has 1 N–H and O–H groups in total. The standard InChI is InChI=1S/C15H17N3O2/c1-15(14(19)20)8-4-5-9-18(15)13-10-16-11-6-2-3-7-12(11)17-13/h2-3,6-7,10H,4-5,8-9H2,1H3,(H,19,20). The molecular weight excluding hydrogens is 254 g/mol. The van der Waals surface area contributed by atoms with Gasteiger partial charge in [0.05, 0.1) is 17.2 Å². The summed E-state index contributed by atoms with van der Waals surface area (Å²) in [5.41, 5.74) is 0.726. The topological polar surface area (TPSA) is 66.3 Å². The summed E-state index contributed by atoms with van der Waals surface area (Å²) in [5.74, 6) is -0.152. The molecule has 1 aliphatic heterocycles. The number of carbonyl (C=O) groups is 1. The van der Waals surface area contributed by atoms with Gasteiger partial charge in [-0.2, -0.15) is 0 Å². The van der Waals surface area contributed by atoms with Gasteiger partial charge in [0, 0.05) is 6.54 Å². The predicted molar refractivity (Wildman–Crippen MR) is 76.8 cm³/mol. The molecule has 1 fully saturated rings. The summed E-state index contributed by atoms with van der Waals surface area (Å²) in [6.45, 7) is 2.47. The summed E-state index contributed by atoms with van der Waals surface area (Å²) in [6.07, 6.45) is 4.23. The average Bonchev–Trinajstić information content (AvgIpc) is 2.47. The molecule has 0 saturated carbocycles. The van der Waals surface area contributed by atoms with E-state index in [1.54, 1.807) is 13.1 Å². The third kappa shape index (κ3) is 1.99. The van der Waals surface area contributed by atoms with Gasteiger partial charge in [-0.15, -0.1) is 0 Å². The Hall–Kier alpha value is -2.17. The lowest BCUT2D eigenvalue weighted by Crippen LogP contribution is -2.55. The minimum atomic E-state index is -0.893. The van der Waals surface area contributed by atoms with Gasteiger partial charge in [-0.05, 0) is 38.3 Å². The van der Waals surface area contributed by atoms with Crippen LogP contribution in [-0.2, 0) is 4.79 Å². The highest BCUT2D eigenvalue weighted by molar-refractivity contribution is 5.84. The predicted octanol–water partition coefficient (Wildman–Crippen LogP) is 2.46. The van der Waals surface area contributed by atoms with E-state index in [2.05, 4.69) is 9.97 Å². The average molecular weight is 271 g/mol. The summed E-state index contributed by atoms with van der Waals surface area (Å²) in [6, 6.07) is 7.62. The Morgan fingerprint density at radius 1 is 1.30 bits per heavy atom. The van der Waals surface area contributed by atoms with Crippen LogP contribution in [0, 0.1) is 0 Å². The molecule has 5 heteroatoms. The molecule has 0 radical (unpaired) electrons. The fraction of sp³-hybridized carbons (Fsp3) is 0.400. The van der Waals surface area contributed by atoms with Gasteiger partial charge in [-0.25, -0.2) is 9.78 Å². The van der Waals surface area contributed by atoms with Gasteiger partial charge in [0.15, 0.2) is 0 Å². The Morgan fingerprint density at radius 2 is 2.05 bits per heavy atom. The van der Waals surface area contributed by atoms with Crippen LogP contribution in [0.1, 0.15) is 26.2 Å². The number of hydrogen-bond acceptors (Lipinski definition) is 4. The van der Waals surface area contributed by atoms with Gasteiger partial charge >= 0.3 is 5.97 Å². The van der Waals surface area contributed by atoms with Crippen LogP contribution >= 0.6 is 0 Å². The highest BCUT2D eigenvalue weighted by Gasteiger charge is 2.42. The van der Waals surface area contributed by atoms with E-state index in [0.717, 1.165) is 23.9 Å². The lowest BCUT2D eigenvalue weighted by molar-refractivity contribution is -0.143. The molecule has 1 atom stereocenters. The van der Waals surface area contributed by atoms with E-state index in [0.29, 0.717) is 18.8 Å². The van der Waals surface area contributed by atoms with Crippen molar-refractivity contribution >= 4 is 22.8 Å². The molecule has 104 valence electrons. The van der Waals surface area contributed by atoms with Gasteiger partial charge in [-0.1, -0.05) is 12.1 Å². The molecule has 1 aromatic heterocycles. The van der Waals surface area contributed by atoms with E-state index in [1.165, 1.54) is 0 Å². The molecular formula is C15H17N3O2. The normalized spacial score (nSPS) is 22.9. The first-order chi connectivity index (χ1) is 9.61. The maximum atomic E-state index is 11.6. The monoisotopic (exact) mass is 271 g/mol. The van der Waals surface area contributed by atoms with Crippen molar-refractivity contribution < 1.29 is 9.90 Å². The molecule has 1 aromatic carbocycles. The van der Waals surface area contributed by atoms with Crippen molar-refractivity contribution in [3.05, 3.63) is 30.5 Å². The van der Waals surface area contributed by atoms with E-state index >= 15 is 0 Å². The first kappa shape index (κ1) is 12.8. The van der Waals surface area contributed by atoms with Crippen LogP contribution in [-0.4, -0.2) is 33.1 Å². The Balaban J connectivity index is 2.06. The molecule has 1 aliphatic rings. The van der Waals surface area contributed by atoms with Crippen molar-refractivity contribution in [1.82, 2.24) is 9.97 Å². The number of nitrogens with zero attached hydrogens (tertiary/aromatic N) is 3. The molecule has 0 bridgehead atoms. The minimum Gasteiger partial charge on any atom is -0.480 e. The zero-order chi connectivity index (χ0) is 14.2. The van der Waals surface area contributed by atoms with Crippen LogP contribution < -0.4 is 4.90 Å². The van der Waals surface area contributed by atoms with Crippen LogP contribution in [0.4, 0.5) is 5.82 Å². The van der Waals surface area contributed by atoms with Crippen LogP contribution in [0.5, 0.6) is 0 Å².